The fraction of sp³-hybridized carbons (Fsp3) is 0.533. The zero-order valence-corrected chi connectivity index (χ0v) is 12.4. The molecule has 1 aromatic rings. The zero-order chi connectivity index (χ0) is 14.9. The van der Waals surface area contributed by atoms with Gasteiger partial charge in [0.2, 0.25) is 11.8 Å². The average molecular weight is 275 g/mol. The van der Waals surface area contributed by atoms with Gasteiger partial charge in [0.15, 0.2) is 0 Å². The van der Waals surface area contributed by atoms with E-state index in [2.05, 4.69) is 10.3 Å². The molecule has 2 amide bonds. The van der Waals surface area contributed by atoms with Crippen molar-refractivity contribution in [2.24, 2.45) is 5.92 Å². The highest BCUT2D eigenvalue weighted by atomic mass is 16.2. The molecular weight excluding hydrogens is 254 g/mol. The number of amides is 2. The van der Waals surface area contributed by atoms with Gasteiger partial charge in [-0.3, -0.25) is 19.5 Å². The summed E-state index contributed by atoms with van der Waals surface area (Å²) in [7, 11) is 0. The maximum atomic E-state index is 12.7. The lowest BCUT2D eigenvalue weighted by Gasteiger charge is -2.38. The highest BCUT2D eigenvalue weighted by Crippen LogP contribution is 2.25. The molecule has 0 bridgehead atoms. The first-order valence-electron chi connectivity index (χ1n) is 6.96. The number of nitrogens with zero attached hydrogens (tertiary/aromatic N) is 2. The molecule has 0 saturated carbocycles. The van der Waals surface area contributed by atoms with Crippen LogP contribution in [-0.4, -0.2) is 28.9 Å². The molecule has 2 unspecified atom stereocenters. The molecule has 2 heterocycles. The molecule has 5 nitrogen and oxygen atoms in total. The molecule has 0 aliphatic carbocycles. The van der Waals surface area contributed by atoms with Crippen LogP contribution in [0.25, 0.3) is 0 Å². The van der Waals surface area contributed by atoms with Gasteiger partial charge in [-0.1, -0.05) is 13.8 Å². The number of aromatic nitrogens is 1. The molecule has 1 fully saturated rings. The lowest BCUT2D eigenvalue weighted by molar-refractivity contribution is -0.133. The summed E-state index contributed by atoms with van der Waals surface area (Å²) in [5.41, 5.74) is 1.66. The van der Waals surface area contributed by atoms with Crippen LogP contribution in [-0.2, 0) is 9.59 Å². The number of piperazine rings is 1. The summed E-state index contributed by atoms with van der Waals surface area (Å²) in [6, 6.07) is 0.895. The van der Waals surface area contributed by atoms with E-state index in [1.807, 2.05) is 26.8 Å². The molecule has 20 heavy (non-hydrogen) atoms. The molecule has 1 saturated heterocycles. The molecule has 2 rings (SSSR count). The number of nitrogens with one attached hydrogen (secondary N) is 1. The topological polar surface area (TPSA) is 62.3 Å². The van der Waals surface area contributed by atoms with Gasteiger partial charge < -0.3 is 5.32 Å². The van der Waals surface area contributed by atoms with Gasteiger partial charge in [0.05, 0.1) is 11.9 Å². The molecule has 1 aromatic heterocycles. The summed E-state index contributed by atoms with van der Waals surface area (Å²) in [6.07, 6.45) is 3.98. The Labute approximate surface area is 119 Å². The second-order valence-electron chi connectivity index (χ2n) is 5.74. The van der Waals surface area contributed by atoms with Gasteiger partial charge in [0.25, 0.3) is 0 Å². The minimum Gasteiger partial charge on any atom is -0.342 e. The van der Waals surface area contributed by atoms with Crippen molar-refractivity contribution >= 4 is 17.5 Å². The van der Waals surface area contributed by atoms with Gasteiger partial charge in [0.1, 0.15) is 12.1 Å². The van der Waals surface area contributed by atoms with E-state index in [1.54, 1.807) is 24.2 Å². The summed E-state index contributed by atoms with van der Waals surface area (Å²) in [6.45, 7) is 7.74. The second-order valence-corrected chi connectivity index (χ2v) is 5.74. The van der Waals surface area contributed by atoms with Gasteiger partial charge in [-0.2, -0.15) is 0 Å². The van der Waals surface area contributed by atoms with Crippen molar-refractivity contribution in [1.82, 2.24) is 10.3 Å². The fourth-order valence-corrected chi connectivity index (χ4v) is 2.50. The van der Waals surface area contributed by atoms with E-state index in [9.17, 15) is 9.59 Å². The predicted molar refractivity (Wildman–Crippen MR) is 77.3 cm³/mol. The third kappa shape index (κ3) is 2.66. The Bertz CT molecular complexity index is 528. The van der Waals surface area contributed by atoms with Crippen LogP contribution in [0, 0.1) is 12.8 Å². The van der Waals surface area contributed by atoms with Crippen LogP contribution in [0.4, 0.5) is 5.69 Å². The highest BCUT2D eigenvalue weighted by Gasteiger charge is 2.39. The number of anilines is 1. The van der Waals surface area contributed by atoms with E-state index < -0.39 is 12.1 Å². The number of rotatable bonds is 3. The Morgan fingerprint density at radius 2 is 2.10 bits per heavy atom. The third-order valence-electron chi connectivity index (χ3n) is 3.60. The SMILES string of the molecule is Cc1ccncc1N1C(=O)C(CC(C)C)NC(=O)C1C. The van der Waals surface area contributed by atoms with Crippen LogP contribution in [0.2, 0.25) is 0 Å². The summed E-state index contributed by atoms with van der Waals surface area (Å²) in [4.78, 5) is 30.4. The third-order valence-corrected chi connectivity index (χ3v) is 3.60. The normalized spacial score (nSPS) is 23.1. The van der Waals surface area contributed by atoms with E-state index in [4.69, 9.17) is 0 Å². The van der Waals surface area contributed by atoms with Crippen LogP contribution in [0.1, 0.15) is 32.8 Å². The van der Waals surface area contributed by atoms with Crippen LogP contribution in [0.3, 0.4) is 0 Å². The predicted octanol–water partition coefficient (Wildman–Crippen LogP) is 1.66. The van der Waals surface area contributed by atoms with Crippen molar-refractivity contribution in [3.63, 3.8) is 0 Å². The van der Waals surface area contributed by atoms with E-state index in [-0.39, 0.29) is 11.8 Å². The van der Waals surface area contributed by atoms with Crippen LogP contribution in [0.5, 0.6) is 0 Å². The number of pyridine rings is 1. The maximum absolute atomic E-state index is 12.7. The van der Waals surface area contributed by atoms with E-state index in [1.165, 1.54) is 0 Å². The van der Waals surface area contributed by atoms with Crippen molar-refractivity contribution in [2.75, 3.05) is 4.90 Å². The lowest BCUT2D eigenvalue weighted by atomic mass is 9.98. The summed E-state index contributed by atoms with van der Waals surface area (Å²) in [5.74, 6) is 0.176. The molecule has 1 aliphatic heterocycles. The molecule has 5 heteroatoms. The standard InChI is InChI=1S/C15H21N3O2/c1-9(2)7-12-15(20)18(11(4)14(19)17-12)13-8-16-6-5-10(13)3/h5-6,8-9,11-12H,7H2,1-4H3,(H,17,19). The minimum absolute atomic E-state index is 0.0538. The summed E-state index contributed by atoms with van der Waals surface area (Å²) in [5, 5.41) is 2.82. The van der Waals surface area contributed by atoms with Crippen LogP contribution >= 0.6 is 0 Å². The number of hydrogen-bond donors (Lipinski definition) is 1. The molecule has 0 spiro atoms. The number of carbonyl (C=O) groups is 2. The quantitative estimate of drug-likeness (QED) is 0.912. The largest absolute Gasteiger partial charge is 0.342 e. The van der Waals surface area contributed by atoms with Crippen LogP contribution < -0.4 is 10.2 Å². The zero-order valence-electron chi connectivity index (χ0n) is 12.4. The second kappa shape index (κ2) is 5.61. The number of hydrogen-bond acceptors (Lipinski definition) is 3. The molecule has 0 aromatic carbocycles. The molecule has 1 N–H and O–H groups in total. The van der Waals surface area contributed by atoms with Gasteiger partial charge >= 0.3 is 0 Å². The maximum Gasteiger partial charge on any atom is 0.250 e. The average Bonchev–Trinajstić information content (AvgIpc) is 2.38. The van der Waals surface area contributed by atoms with E-state index in [0.717, 1.165) is 5.56 Å². The summed E-state index contributed by atoms with van der Waals surface area (Å²) < 4.78 is 0. The Morgan fingerprint density at radius 1 is 1.40 bits per heavy atom. The van der Waals surface area contributed by atoms with Gasteiger partial charge in [0, 0.05) is 6.20 Å². The molecule has 108 valence electrons. The smallest absolute Gasteiger partial charge is 0.250 e. The van der Waals surface area contributed by atoms with Gasteiger partial charge in [-0.05, 0) is 37.8 Å². The molecule has 2 atom stereocenters. The van der Waals surface area contributed by atoms with Crippen LogP contribution in [0.15, 0.2) is 18.5 Å². The Morgan fingerprint density at radius 3 is 2.70 bits per heavy atom. The number of aryl methyl sites for hydroxylation is 1. The number of carbonyl (C=O) groups excluding carboxylic acids is 2. The van der Waals surface area contributed by atoms with Crippen molar-refractivity contribution in [1.29, 1.82) is 0 Å². The molecule has 1 aliphatic rings. The minimum atomic E-state index is -0.506. The Kier molecular flexibility index (Phi) is 4.06. The van der Waals surface area contributed by atoms with Gasteiger partial charge in [-0.15, -0.1) is 0 Å². The molecular formula is C15H21N3O2. The Hall–Kier alpha value is -1.91. The first-order valence-corrected chi connectivity index (χ1v) is 6.96. The van der Waals surface area contributed by atoms with E-state index in [0.29, 0.717) is 18.0 Å². The fourth-order valence-electron chi connectivity index (χ4n) is 2.50. The monoisotopic (exact) mass is 275 g/mol. The van der Waals surface area contributed by atoms with Crippen molar-refractivity contribution < 1.29 is 9.59 Å². The Balaban J connectivity index is 2.36. The van der Waals surface area contributed by atoms with E-state index >= 15 is 0 Å². The first-order chi connectivity index (χ1) is 9.41. The lowest BCUT2D eigenvalue weighted by Crippen LogP contribution is -2.63. The highest BCUT2D eigenvalue weighted by molar-refractivity contribution is 6.08. The van der Waals surface area contributed by atoms with Gasteiger partial charge in [-0.25, -0.2) is 0 Å². The molecule has 0 radical (unpaired) electrons. The van der Waals surface area contributed by atoms with Crippen molar-refractivity contribution in [3.05, 3.63) is 24.0 Å². The summed E-state index contributed by atoms with van der Waals surface area (Å²) >= 11 is 0. The van der Waals surface area contributed by atoms with Crippen molar-refractivity contribution in [3.8, 4) is 0 Å². The first kappa shape index (κ1) is 14.5. The van der Waals surface area contributed by atoms with Crippen molar-refractivity contribution in [2.45, 2.75) is 46.2 Å².